The van der Waals surface area contributed by atoms with Gasteiger partial charge >= 0.3 is 0 Å². The van der Waals surface area contributed by atoms with E-state index < -0.39 is 0 Å². The minimum absolute atomic E-state index is 0.123. The molecule has 114 valence electrons. The SMILES string of the molecule is CCC.Oc1c(Cl)cc(-c2cc(Cl)c(O)c(Cl)c2)cc1Cl. The minimum Gasteiger partial charge on any atom is -0.505 e. The first-order chi connectivity index (χ1) is 9.81. The molecule has 0 atom stereocenters. The molecule has 0 heterocycles. The second-order valence-electron chi connectivity index (χ2n) is 4.28. The topological polar surface area (TPSA) is 40.5 Å². The van der Waals surface area contributed by atoms with Crippen molar-refractivity contribution in [3.63, 3.8) is 0 Å². The minimum atomic E-state index is -0.182. The van der Waals surface area contributed by atoms with Crippen molar-refractivity contribution in [1.82, 2.24) is 0 Å². The number of hydrogen-bond donors (Lipinski definition) is 2. The van der Waals surface area contributed by atoms with Gasteiger partial charge in [-0.2, -0.15) is 0 Å². The largest absolute Gasteiger partial charge is 0.505 e. The van der Waals surface area contributed by atoms with Crippen LogP contribution >= 0.6 is 46.4 Å². The van der Waals surface area contributed by atoms with Crippen molar-refractivity contribution >= 4 is 46.4 Å². The van der Waals surface area contributed by atoms with E-state index in [9.17, 15) is 10.2 Å². The first-order valence-corrected chi connectivity index (χ1v) is 7.69. The van der Waals surface area contributed by atoms with E-state index in [2.05, 4.69) is 13.8 Å². The van der Waals surface area contributed by atoms with Gasteiger partial charge in [-0.25, -0.2) is 0 Å². The van der Waals surface area contributed by atoms with E-state index in [4.69, 9.17) is 46.4 Å². The Kier molecular flexibility index (Phi) is 6.95. The fraction of sp³-hybridized carbons (Fsp3) is 0.200. The third kappa shape index (κ3) is 4.58. The van der Waals surface area contributed by atoms with E-state index in [0.717, 1.165) is 0 Å². The van der Waals surface area contributed by atoms with Crippen LogP contribution in [0.1, 0.15) is 20.3 Å². The highest BCUT2D eigenvalue weighted by atomic mass is 35.5. The summed E-state index contributed by atoms with van der Waals surface area (Å²) in [5.41, 5.74) is 1.26. The number of benzene rings is 2. The Morgan fingerprint density at radius 3 is 1.05 bits per heavy atom. The van der Waals surface area contributed by atoms with Crippen LogP contribution in [0.15, 0.2) is 24.3 Å². The van der Waals surface area contributed by atoms with Gasteiger partial charge in [0.15, 0.2) is 11.5 Å². The average molecular weight is 368 g/mol. The summed E-state index contributed by atoms with van der Waals surface area (Å²) in [4.78, 5) is 0. The zero-order chi connectivity index (χ0) is 16.2. The number of rotatable bonds is 1. The number of halogens is 4. The highest BCUT2D eigenvalue weighted by Gasteiger charge is 2.12. The zero-order valence-corrected chi connectivity index (χ0v) is 14.4. The molecule has 2 nitrogen and oxygen atoms in total. The van der Waals surface area contributed by atoms with Gasteiger partial charge in [-0.3, -0.25) is 0 Å². The number of aromatic hydroxyl groups is 2. The van der Waals surface area contributed by atoms with Crippen LogP contribution in [0.4, 0.5) is 0 Å². The molecule has 2 aromatic carbocycles. The van der Waals surface area contributed by atoms with E-state index in [-0.39, 0.29) is 31.6 Å². The van der Waals surface area contributed by atoms with Gasteiger partial charge in [0.2, 0.25) is 0 Å². The van der Waals surface area contributed by atoms with Crippen LogP contribution in [0.25, 0.3) is 11.1 Å². The summed E-state index contributed by atoms with van der Waals surface area (Å²) in [6.07, 6.45) is 1.25. The molecule has 0 aromatic heterocycles. The summed E-state index contributed by atoms with van der Waals surface area (Å²) in [6, 6.07) is 6.12. The normalized spacial score (nSPS) is 10.0. The maximum Gasteiger partial charge on any atom is 0.152 e. The number of phenols is 2. The highest BCUT2D eigenvalue weighted by Crippen LogP contribution is 2.40. The predicted molar refractivity (Wildman–Crippen MR) is 91.2 cm³/mol. The standard InChI is InChI=1S/C12H6Cl4O2.C3H8/c13-7-1-5(2-8(14)11(7)17)6-3-9(15)12(18)10(16)4-6;1-3-2/h1-4,17-18H;3H2,1-2H3. The van der Waals surface area contributed by atoms with Gasteiger partial charge in [0.1, 0.15) is 0 Å². The number of hydrogen-bond acceptors (Lipinski definition) is 2. The molecule has 0 amide bonds. The van der Waals surface area contributed by atoms with Crippen molar-refractivity contribution in [2.75, 3.05) is 0 Å². The molecule has 0 bridgehead atoms. The fourth-order valence-electron chi connectivity index (χ4n) is 1.46. The molecule has 0 radical (unpaired) electrons. The summed E-state index contributed by atoms with van der Waals surface area (Å²) in [5, 5.41) is 19.4. The summed E-state index contributed by atoms with van der Waals surface area (Å²) in [5.74, 6) is -0.365. The Balaban J connectivity index is 0.000000677. The lowest BCUT2D eigenvalue weighted by Gasteiger charge is -2.08. The molecule has 0 spiro atoms. The van der Waals surface area contributed by atoms with Crippen molar-refractivity contribution in [2.45, 2.75) is 20.3 Å². The highest BCUT2D eigenvalue weighted by molar-refractivity contribution is 6.38. The molecule has 0 unspecified atom stereocenters. The molecule has 0 saturated heterocycles. The summed E-state index contributed by atoms with van der Waals surface area (Å²) < 4.78 is 0. The summed E-state index contributed by atoms with van der Waals surface area (Å²) in [6.45, 7) is 4.25. The van der Waals surface area contributed by atoms with E-state index in [1.807, 2.05) is 0 Å². The van der Waals surface area contributed by atoms with Crippen molar-refractivity contribution in [3.05, 3.63) is 44.4 Å². The van der Waals surface area contributed by atoms with Crippen molar-refractivity contribution < 1.29 is 10.2 Å². The van der Waals surface area contributed by atoms with Crippen molar-refractivity contribution in [2.24, 2.45) is 0 Å². The van der Waals surface area contributed by atoms with E-state index >= 15 is 0 Å². The van der Waals surface area contributed by atoms with Gasteiger partial charge in [-0.1, -0.05) is 66.7 Å². The fourth-order valence-corrected chi connectivity index (χ4v) is 2.44. The smallest absolute Gasteiger partial charge is 0.152 e. The van der Waals surface area contributed by atoms with Gasteiger partial charge in [-0.15, -0.1) is 0 Å². The van der Waals surface area contributed by atoms with Crippen LogP contribution in [0.3, 0.4) is 0 Å². The van der Waals surface area contributed by atoms with E-state index in [1.54, 1.807) is 0 Å². The van der Waals surface area contributed by atoms with Crippen LogP contribution in [-0.2, 0) is 0 Å². The molecule has 0 saturated carbocycles. The zero-order valence-electron chi connectivity index (χ0n) is 11.4. The Morgan fingerprint density at radius 1 is 0.667 bits per heavy atom. The van der Waals surface area contributed by atoms with Gasteiger partial charge in [0, 0.05) is 0 Å². The number of phenolic OH excluding ortho intramolecular Hbond substituents is 2. The van der Waals surface area contributed by atoms with Crippen molar-refractivity contribution in [3.8, 4) is 22.6 Å². The molecular weight excluding hydrogens is 354 g/mol. The summed E-state index contributed by atoms with van der Waals surface area (Å²) >= 11 is 23.3. The molecule has 0 aliphatic carbocycles. The molecule has 0 aliphatic rings. The second kappa shape index (κ2) is 8.00. The molecular formula is C15H14Cl4O2. The lowest BCUT2D eigenvalue weighted by atomic mass is 10.1. The maximum absolute atomic E-state index is 9.47. The predicted octanol–water partition coefficient (Wildman–Crippen LogP) is 6.79. The molecule has 2 aromatic rings. The van der Waals surface area contributed by atoms with E-state index in [0.29, 0.717) is 11.1 Å². The monoisotopic (exact) mass is 366 g/mol. The Labute approximate surface area is 143 Å². The molecule has 2 rings (SSSR count). The van der Waals surface area contributed by atoms with E-state index in [1.165, 1.54) is 30.7 Å². The molecule has 0 aliphatic heterocycles. The van der Waals surface area contributed by atoms with Crippen LogP contribution in [0.5, 0.6) is 11.5 Å². The van der Waals surface area contributed by atoms with Crippen LogP contribution in [0, 0.1) is 0 Å². The summed E-state index contributed by atoms with van der Waals surface area (Å²) in [7, 11) is 0. The molecule has 6 heteroatoms. The Hall–Kier alpha value is -0.800. The first-order valence-electron chi connectivity index (χ1n) is 6.18. The lowest BCUT2D eigenvalue weighted by molar-refractivity contribution is 0.475. The molecule has 0 fully saturated rings. The van der Waals surface area contributed by atoms with Crippen LogP contribution in [0.2, 0.25) is 20.1 Å². The van der Waals surface area contributed by atoms with Gasteiger partial charge in [0.25, 0.3) is 0 Å². The Morgan fingerprint density at radius 2 is 0.857 bits per heavy atom. The first kappa shape index (κ1) is 18.2. The quantitative estimate of drug-likeness (QED) is 0.582. The van der Waals surface area contributed by atoms with Crippen molar-refractivity contribution in [1.29, 1.82) is 0 Å². The van der Waals surface area contributed by atoms with Crippen LogP contribution in [-0.4, -0.2) is 10.2 Å². The molecule has 21 heavy (non-hydrogen) atoms. The Bertz CT molecular complexity index is 540. The second-order valence-corrected chi connectivity index (χ2v) is 5.91. The average Bonchev–Trinajstić information content (AvgIpc) is 2.42. The van der Waals surface area contributed by atoms with Crippen LogP contribution < -0.4 is 0 Å². The third-order valence-corrected chi connectivity index (χ3v) is 3.52. The molecule has 2 N–H and O–H groups in total. The van der Waals surface area contributed by atoms with Gasteiger partial charge < -0.3 is 10.2 Å². The lowest BCUT2D eigenvalue weighted by Crippen LogP contribution is -1.82. The maximum atomic E-state index is 9.47. The van der Waals surface area contributed by atoms with Gasteiger partial charge in [-0.05, 0) is 35.4 Å². The van der Waals surface area contributed by atoms with Gasteiger partial charge in [0.05, 0.1) is 20.1 Å². The third-order valence-electron chi connectivity index (χ3n) is 2.37.